The van der Waals surface area contributed by atoms with E-state index in [0.717, 1.165) is 10.0 Å². The Bertz CT molecular complexity index is 487. The second-order valence-electron chi connectivity index (χ2n) is 2.95. The van der Waals surface area contributed by atoms with Crippen molar-refractivity contribution < 1.29 is 4.79 Å². The van der Waals surface area contributed by atoms with E-state index in [1.54, 1.807) is 0 Å². The van der Waals surface area contributed by atoms with Crippen molar-refractivity contribution in [3.63, 3.8) is 0 Å². The lowest BCUT2D eigenvalue weighted by Crippen LogP contribution is -2.09. The Labute approximate surface area is 93.6 Å². The van der Waals surface area contributed by atoms with Gasteiger partial charge in [0.2, 0.25) is 5.91 Å². The monoisotopic (exact) mass is 264 g/mol. The number of halogens is 1. The molecule has 0 saturated heterocycles. The standard InChI is InChI=1S/C9H5BrN4O/c10-6-3-1-5(2-4-6)7-8(12-7)9(15)13-14-11/h1-4,8H/t8-/m1/s1. The van der Waals surface area contributed by atoms with Crippen molar-refractivity contribution in [2.75, 3.05) is 0 Å². The van der Waals surface area contributed by atoms with Crippen LogP contribution in [0.2, 0.25) is 0 Å². The maximum Gasteiger partial charge on any atom is 0.249 e. The summed E-state index contributed by atoms with van der Waals surface area (Å²) in [4.78, 5) is 17.5. The highest BCUT2D eigenvalue weighted by atomic mass is 79.9. The van der Waals surface area contributed by atoms with Gasteiger partial charge < -0.3 is 0 Å². The molecule has 1 heterocycles. The van der Waals surface area contributed by atoms with Crippen LogP contribution in [0.4, 0.5) is 0 Å². The molecule has 5 nitrogen and oxygen atoms in total. The molecule has 0 spiro atoms. The predicted molar refractivity (Wildman–Crippen MR) is 58.6 cm³/mol. The average molecular weight is 265 g/mol. The number of amides is 1. The summed E-state index contributed by atoms with van der Waals surface area (Å²) >= 11 is 3.31. The number of carbonyl (C=O) groups is 1. The van der Waals surface area contributed by atoms with Gasteiger partial charge in [-0.3, -0.25) is 9.79 Å². The van der Waals surface area contributed by atoms with Crippen molar-refractivity contribution in [1.29, 1.82) is 0 Å². The first kappa shape index (κ1) is 9.89. The number of hydrogen-bond acceptors (Lipinski definition) is 2. The normalized spacial score (nSPS) is 17.7. The number of carbonyl (C=O) groups excluding carboxylic acids is 1. The Hall–Kier alpha value is -1.65. The summed E-state index contributed by atoms with van der Waals surface area (Å²) in [5, 5.41) is 3.00. The lowest BCUT2D eigenvalue weighted by Gasteiger charge is -1.93. The van der Waals surface area contributed by atoms with E-state index in [-0.39, 0.29) is 0 Å². The molecule has 15 heavy (non-hydrogen) atoms. The number of aliphatic imine (C=N–C) groups is 1. The molecule has 0 N–H and O–H groups in total. The van der Waals surface area contributed by atoms with Gasteiger partial charge in [-0.2, -0.15) is 0 Å². The van der Waals surface area contributed by atoms with Crippen molar-refractivity contribution >= 4 is 27.5 Å². The highest BCUT2D eigenvalue weighted by Crippen LogP contribution is 2.22. The van der Waals surface area contributed by atoms with Crippen molar-refractivity contribution in [2.24, 2.45) is 10.1 Å². The number of benzene rings is 1. The summed E-state index contributed by atoms with van der Waals surface area (Å²) in [5.41, 5.74) is 9.65. The Balaban J connectivity index is 2.11. The molecule has 1 aromatic rings. The molecule has 0 radical (unpaired) electrons. The molecule has 1 atom stereocenters. The number of rotatable bonds is 2. The molecular weight excluding hydrogens is 260 g/mol. The van der Waals surface area contributed by atoms with Gasteiger partial charge in [0.05, 0.1) is 5.71 Å². The van der Waals surface area contributed by atoms with Gasteiger partial charge in [-0.15, -0.1) is 0 Å². The van der Waals surface area contributed by atoms with Crippen LogP contribution < -0.4 is 0 Å². The lowest BCUT2D eigenvalue weighted by atomic mass is 10.1. The van der Waals surface area contributed by atoms with Gasteiger partial charge in [0, 0.05) is 9.38 Å². The molecule has 1 aliphatic rings. The van der Waals surface area contributed by atoms with Gasteiger partial charge in [-0.1, -0.05) is 28.1 Å². The Morgan fingerprint density at radius 3 is 2.73 bits per heavy atom. The largest absolute Gasteiger partial charge is 0.290 e. The van der Waals surface area contributed by atoms with Crippen LogP contribution in [0.3, 0.4) is 0 Å². The molecule has 0 aliphatic carbocycles. The predicted octanol–water partition coefficient (Wildman–Crippen LogP) is 2.46. The van der Waals surface area contributed by atoms with Crippen LogP contribution in [0.5, 0.6) is 0 Å². The zero-order valence-electron chi connectivity index (χ0n) is 7.46. The van der Waals surface area contributed by atoms with E-state index in [4.69, 9.17) is 5.53 Å². The summed E-state index contributed by atoms with van der Waals surface area (Å²) in [7, 11) is 0. The highest BCUT2D eigenvalue weighted by molar-refractivity contribution is 9.10. The van der Waals surface area contributed by atoms with Crippen LogP contribution in [0.25, 0.3) is 10.4 Å². The molecule has 0 fully saturated rings. The lowest BCUT2D eigenvalue weighted by molar-refractivity contribution is -0.117. The SMILES string of the molecule is [N-]=[N+]=NC(=O)[C@@H]1N=C1c1ccc(Br)cc1. The van der Waals surface area contributed by atoms with Gasteiger partial charge >= 0.3 is 0 Å². The molecule has 6 heteroatoms. The highest BCUT2D eigenvalue weighted by Gasteiger charge is 2.34. The van der Waals surface area contributed by atoms with Crippen LogP contribution in [-0.2, 0) is 4.79 Å². The van der Waals surface area contributed by atoms with E-state index in [1.807, 2.05) is 24.3 Å². The smallest absolute Gasteiger partial charge is 0.249 e. The Morgan fingerprint density at radius 1 is 1.47 bits per heavy atom. The third-order valence-corrected chi connectivity index (χ3v) is 2.51. The molecular formula is C9H5BrN4O. The van der Waals surface area contributed by atoms with Crippen molar-refractivity contribution in [3.8, 4) is 0 Å². The third kappa shape index (κ3) is 2.06. The molecule has 0 bridgehead atoms. The topological polar surface area (TPSA) is 78.2 Å². The summed E-state index contributed by atoms with van der Waals surface area (Å²) in [6.45, 7) is 0. The van der Waals surface area contributed by atoms with Crippen LogP contribution in [-0.4, -0.2) is 17.7 Å². The van der Waals surface area contributed by atoms with Gasteiger partial charge in [0.1, 0.15) is 0 Å². The van der Waals surface area contributed by atoms with Crippen LogP contribution in [0.1, 0.15) is 5.56 Å². The first-order valence-corrected chi connectivity index (χ1v) is 4.94. The van der Waals surface area contributed by atoms with Gasteiger partial charge in [0.25, 0.3) is 0 Å². The first-order chi connectivity index (χ1) is 7.22. The van der Waals surface area contributed by atoms with Crippen molar-refractivity contribution in [1.82, 2.24) is 0 Å². The molecule has 0 saturated carbocycles. The van der Waals surface area contributed by atoms with Crippen molar-refractivity contribution in [2.45, 2.75) is 6.04 Å². The molecule has 0 unspecified atom stereocenters. The minimum atomic E-state index is -0.568. The first-order valence-electron chi connectivity index (χ1n) is 4.15. The molecule has 1 aliphatic heterocycles. The number of hydrogen-bond donors (Lipinski definition) is 0. The fraction of sp³-hybridized carbons (Fsp3) is 0.111. The quantitative estimate of drug-likeness (QED) is 0.459. The maximum absolute atomic E-state index is 11.1. The molecule has 74 valence electrons. The van der Waals surface area contributed by atoms with Gasteiger partial charge in [-0.25, -0.2) is 0 Å². The Kier molecular flexibility index (Phi) is 2.53. The molecule has 1 amide bonds. The van der Waals surface area contributed by atoms with Crippen LogP contribution >= 0.6 is 15.9 Å². The zero-order chi connectivity index (χ0) is 10.8. The maximum atomic E-state index is 11.1. The minimum Gasteiger partial charge on any atom is -0.290 e. The van der Waals surface area contributed by atoms with E-state index in [9.17, 15) is 4.79 Å². The summed E-state index contributed by atoms with van der Waals surface area (Å²) in [6.07, 6.45) is 0. The van der Waals surface area contributed by atoms with Gasteiger partial charge in [-0.05, 0) is 28.3 Å². The van der Waals surface area contributed by atoms with Crippen LogP contribution in [0, 0.1) is 0 Å². The second kappa shape index (κ2) is 3.84. The minimum absolute atomic E-state index is 0.546. The van der Waals surface area contributed by atoms with Crippen molar-refractivity contribution in [3.05, 3.63) is 44.7 Å². The average Bonchev–Trinajstić information content (AvgIpc) is 2.99. The molecule has 0 aromatic heterocycles. The van der Waals surface area contributed by atoms with E-state index >= 15 is 0 Å². The fourth-order valence-electron chi connectivity index (χ4n) is 1.23. The van der Waals surface area contributed by atoms with E-state index in [2.05, 4.69) is 30.9 Å². The number of nitrogens with zero attached hydrogens (tertiary/aromatic N) is 4. The Morgan fingerprint density at radius 2 is 2.13 bits per heavy atom. The second-order valence-corrected chi connectivity index (χ2v) is 3.87. The van der Waals surface area contributed by atoms with E-state index in [1.165, 1.54) is 0 Å². The van der Waals surface area contributed by atoms with Gasteiger partial charge in [0.15, 0.2) is 6.04 Å². The fourth-order valence-corrected chi connectivity index (χ4v) is 1.49. The van der Waals surface area contributed by atoms with E-state index < -0.39 is 11.9 Å². The summed E-state index contributed by atoms with van der Waals surface area (Å²) < 4.78 is 0.963. The third-order valence-electron chi connectivity index (χ3n) is 1.98. The molecule has 1 aromatic carbocycles. The summed E-state index contributed by atoms with van der Waals surface area (Å²) in [5.74, 6) is -0.546. The van der Waals surface area contributed by atoms with E-state index in [0.29, 0.717) is 5.71 Å². The summed E-state index contributed by atoms with van der Waals surface area (Å²) in [6, 6.07) is 6.87. The zero-order valence-corrected chi connectivity index (χ0v) is 9.05. The van der Waals surface area contributed by atoms with Crippen LogP contribution in [0.15, 0.2) is 38.8 Å². The number of azide groups is 1. The molecule has 2 rings (SSSR count).